The number of furan rings is 1. The smallest absolute Gasteiger partial charge is 0.345 e. The number of halogens is 2. The molecular formula is C31H19Br2NO6S. The monoisotopic (exact) mass is 691 g/mol. The maximum absolute atomic E-state index is 11.9. The zero-order valence-corrected chi connectivity index (χ0v) is 25.0. The number of carbonyl (C=O) groups is 2. The number of para-hydroxylation sites is 1. The molecule has 204 valence electrons. The second kappa shape index (κ2) is 11.1. The van der Waals surface area contributed by atoms with Gasteiger partial charge in [0.1, 0.15) is 27.5 Å². The van der Waals surface area contributed by atoms with E-state index in [2.05, 4.69) is 31.9 Å². The van der Waals surface area contributed by atoms with Gasteiger partial charge in [-0.25, -0.2) is 14.6 Å². The molecule has 0 spiro atoms. The number of benzene rings is 4. The number of aliphatic carboxylic acids is 1. The molecule has 1 atom stereocenters. The molecule has 41 heavy (non-hydrogen) atoms. The van der Waals surface area contributed by atoms with E-state index in [0.29, 0.717) is 25.9 Å². The third kappa shape index (κ3) is 5.38. The summed E-state index contributed by atoms with van der Waals surface area (Å²) in [6.45, 7) is 0. The lowest BCUT2D eigenvalue weighted by Gasteiger charge is -2.18. The Bertz CT molecular complexity index is 1930. The molecule has 0 saturated carbocycles. The van der Waals surface area contributed by atoms with Crippen LogP contribution in [0.15, 0.2) is 97.6 Å². The molecule has 0 aliphatic carbocycles. The molecule has 6 aromatic rings. The summed E-state index contributed by atoms with van der Waals surface area (Å²) in [5.41, 5.74) is 4.38. The minimum atomic E-state index is -1.07. The SMILES string of the molecule is O=C(O)c1cccc2c1oc1ccc(-c3csc(-c4cc(Br)c(O[C@H](Cc5ccccc5)C(=O)O)c(Br)c4)n3)cc12. The zero-order valence-electron chi connectivity index (χ0n) is 21.0. The average molecular weight is 693 g/mol. The first-order chi connectivity index (χ1) is 19.8. The van der Waals surface area contributed by atoms with Crippen LogP contribution in [-0.4, -0.2) is 33.2 Å². The fraction of sp³-hybridized carbons (Fsp3) is 0.0645. The van der Waals surface area contributed by atoms with Crippen LogP contribution in [0, 0.1) is 0 Å². The van der Waals surface area contributed by atoms with Crippen LogP contribution in [0.3, 0.4) is 0 Å². The maximum Gasteiger partial charge on any atom is 0.345 e. The molecule has 0 unspecified atom stereocenters. The predicted octanol–water partition coefficient (Wildman–Crippen LogP) is 8.67. The van der Waals surface area contributed by atoms with E-state index in [-0.39, 0.29) is 12.0 Å². The summed E-state index contributed by atoms with van der Waals surface area (Å²) in [5.74, 6) is -1.70. The van der Waals surface area contributed by atoms with E-state index in [1.54, 1.807) is 6.07 Å². The Hall–Kier alpha value is -3.99. The molecule has 2 N–H and O–H groups in total. The van der Waals surface area contributed by atoms with Gasteiger partial charge in [0.15, 0.2) is 6.10 Å². The van der Waals surface area contributed by atoms with Gasteiger partial charge in [-0.15, -0.1) is 11.3 Å². The normalized spacial score (nSPS) is 12.0. The number of hydrogen-bond acceptors (Lipinski definition) is 6. The lowest BCUT2D eigenvalue weighted by atomic mass is 10.1. The largest absolute Gasteiger partial charge is 0.478 e. The van der Waals surface area contributed by atoms with E-state index in [1.165, 1.54) is 17.4 Å². The number of ether oxygens (including phenoxy) is 1. The van der Waals surface area contributed by atoms with Gasteiger partial charge in [-0.3, -0.25) is 0 Å². The highest BCUT2D eigenvalue weighted by atomic mass is 79.9. The van der Waals surface area contributed by atoms with Gasteiger partial charge in [-0.2, -0.15) is 0 Å². The molecule has 0 saturated heterocycles. The fourth-order valence-corrected chi connectivity index (χ4v) is 6.80. The lowest BCUT2D eigenvalue weighted by molar-refractivity contribution is -0.145. The number of thiazole rings is 1. The van der Waals surface area contributed by atoms with Crippen LogP contribution < -0.4 is 4.74 Å². The Kier molecular flexibility index (Phi) is 7.37. The highest BCUT2D eigenvalue weighted by molar-refractivity contribution is 9.11. The highest BCUT2D eigenvalue weighted by Crippen LogP contribution is 2.41. The van der Waals surface area contributed by atoms with E-state index in [4.69, 9.17) is 14.1 Å². The fourth-order valence-electron chi connectivity index (χ4n) is 4.61. The molecule has 4 aromatic carbocycles. The molecule has 0 aliphatic heterocycles. The van der Waals surface area contributed by atoms with Crippen LogP contribution in [0.25, 0.3) is 43.8 Å². The van der Waals surface area contributed by atoms with Gasteiger partial charge in [0.25, 0.3) is 0 Å². The number of carboxylic acids is 2. The van der Waals surface area contributed by atoms with Crippen molar-refractivity contribution in [1.29, 1.82) is 0 Å². The molecule has 0 radical (unpaired) electrons. The van der Waals surface area contributed by atoms with E-state index < -0.39 is 18.0 Å². The topological polar surface area (TPSA) is 110 Å². The average Bonchev–Trinajstić information content (AvgIpc) is 3.59. The van der Waals surface area contributed by atoms with Crippen LogP contribution in [0.4, 0.5) is 0 Å². The van der Waals surface area contributed by atoms with Crippen molar-refractivity contribution in [1.82, 2.24) is 4.98 Å². The van der Waals surface area contributed by atoms with E-state index in [0.717, 1.165) is 38.2 Å². The van der Waals surface area contributed by atoms with Gasteiger partial charge >= 0.3 is 11.9 Å². The zero-order chi connectivity index (χ0) is 28.7. The predicted molar refractivity (Wildman–Crippen MR) is 165 cm³/mol. The van der Waals surface area contributed by atoms with Gasteiger partial charge < -0.3 is 19.4 Å². The van der Waals surface area contributed by atoms with Crippen LogP contribution in [0.5, 0.6) is 5.75 Å². The lowest BCUT2D eigenvalue weighted by Crippen LogP contribution is -2.29. The molecule has 0 amide bonds. The van der Waals surface area contributed by atoms with Gasteiger partial charge in [0.2, 0.25) is 0 Å². The summed E-state index contributed by atoms with van der Waals surface area (Å²) in [6.07, 6.45) is -0.844. The highest BCUT2D eigenvalue weighted by Gasteiger charge is 2.23. The van der Waals surface area contributed by atoms with Gasteiger partial charge in [0, 0.05) is 33.7 Å². The van der Waals surface area contributed by atoms with E-state index in [1.807, 2.05) is 72.1 Å². The Labute approximate surface area is 254 Å². The standard InChI is InChI=1S/C31H19Br2NO6S/c32-22-13-18(14-23(33)28(22)40-26(31(37)38)11-16-5-2-1-3-6-16)29-34-24(15-41-29)17-9-10-25-21(12-17)19-7-4-8-20(30(35)36)27(19)39-25/h1-10,12-15,26H,11H2,(H,35,36)(H,37,38)/t26-/m1/s1. The first-order valence-electron chi connectivity index (χ1n) is 12.4. The number of fused-ring (bicyclic) bond motifs is 3. The minimum Gasteiger partial charge on any atom is -0.478 e. The molecule has 7 nitrogen and oxygen atoms in total. The molecule has 2 heterocycles. The van der Waals surface area contributed by atoms with E-state index in [9.17, 15) is 19.8 Å². The summed E-state index contributed by atoms with van der Waals surface area (Å²) in [7, 11) is 0. The molecule has 0 bridgehead atoms. The maximum atomic E-state index is 11.9. The molecule has 10 heteroatoms. The van der Waals surface area contributed by atoms with Crippen molar-refractivity contribution in [3.63, 3.8) is 0 Å². The van der Waals surface area contributed by atoms with Gasteiger partial charge in [-0.05, 0) is 73.8 Å². The van der Waals surface area contributed by atoms with Crippen molar-refractivity contribution in [2.75, 3.05) is 0 Å². The van der Waals surface area contributed by atoms with Crippen LogP contribution in [0.1, 0.15) is 15.9 Å². The van der Waals surface area contributed by atoms with Gasteiger partial charge in [-0.1, -0.05) is 42.5 Å². The van der Waals surface area contributed by atoms with E-state index >= 15 is 0 Å². The molecule has 6 rings (SSSR count). The number of nitrogens with zero attached hydrogens (tertiary/aromatic N) is 1. The third-order valence-electron chi connectivity index (χ3n) is 6.57. The second-order valence-electron chi connectivity index (χ2n) is 9.24. The number of aromatic carboxylic acids is 1. The number of hydrogen-bond donors (Lipinski definition) is 2. The summed E-state index contributed by atoms with van der Waals surface area (Å²) in [5, 5.41) is 23.6. The van der Waals surface area contributed by atoms with Gasteiger partial charge in [0.05, 0.1) is 14.6 Å². The van der Waals surface area contributed by atoms with Crippen LogP contribution >= 0.6 is 43.2 Å². The molecular weight excluding hydrogens is 674 g/mol. The van der Waals surface area contributed by atoms with Crippen molar-refractivity contribution < 1.29 is 29.0 Å². The summed E-state index contributed by atoms with van der Waals surface area (Å²) < 4.78 is 13.0. The Morgan fingerprint density at radius 1 is 0.902 bits per heavy atom. The van der Waals surface area contributed by atoms with Crippen molar-refractivity contribution in [2.24, 2.45) is 0 Å². The summed E-state index contributed by atoms with van der Waals surface area (Å²) >= 11 is 8.57. The minimum absolute atomic E-state index is 0.120. The van der Waals surface area contributed by atoms with Crippen LogP contribution in [0.2, 0.25) is 0 Å². The Morgan fingerprint density at radius 2 is 1.66 bits per heavy atom. The Balaban J connectivity index is 1.29. The van der Waals surface area contributed by atoms with Crippen molar-refractivity contribution in [2.45, 2.75) is 12.5 Å². The number of rotatable bonds is 8. The first kappa shape index (κ1) is 27.2. The first-order valence-corrected chi connectivity index (χ1v) is 14.8. The quantitative estimate of drug-likeness (QED) is 0.164. The number of carboxylic acid groups (broad SMARTS) is 2. The molecule has 0 aliphatic rings. The Morgan fingerprint density at radius 3 is 2.37 bits per heavy atom. The third-order valence-corrected chi connectivity index (χ3v) is 8.64. The second-order valence-corrected chi connectivity index (χ2v) is 11.8. The summed E-state index contributed by atoms with van der Waals surface area (Å²) in [4.78, 5) is 28.4. The number of aromatic nitrogens is 1. The van der Waals surface area contributed by atoms with Crippen LogP contribution in [-0.2, 0) is 11.2 Å². The van der Waals surface area contributed by atoms with Crippen molar-refractivity contribution in [3.05, 3.63) is 104 Å². The van der Waals surface area contributed by atoms with Crippen molar-refractivity contribution in [3.8, 4) is 27.6 Å². The molecule has 0 fully saturated rings. The summed E-state index contributed by atoms with van der Waals surface area (Å²) in [6, 6.07) is 23.8. The molecule has 2 aromatic heterocycles. The van der Waals surface area contributed by atoms with Crippen molar-refractivity contribution >= 4 is 77.1 Å².